The Hall–Kier alpha value is -3.97. The number of nitrogens with one attached hydrogen (secondary N) is 1. The average Bonchev–Trinajstić information content (AvgIpc) is 3.32. The first-order valence-corrected chi connectivity index (χ1v) is 11.1. The van der Waals surface area contributed by atoms with E-state index in [0.29, 0.717) is 16.8 Å². The Labute approximate surface area is 198 Å². The molecule has 0 bridgehead atoms. The molecule has 0 saturated carbocycles. The zero-order valence-electron chi connectivity index (χ0n) is 18.9. The van der Waals surface area contributed by atoms with Crippen LogP contribution in [0.4, 0.5) is 0 Å². The third-order valence-corrected chi connectivity index (χ3v) is 5.81. The number of nitrogens with zero attached hydrogens (tertiary/aromatic N) is 2. The third kappa shape index (κ3) is 5.32. The van der Waals surface area contributed by atoms with Gasteiger partial charge < -0.3 is 20.2 Å². The Morgan fingerprint density at radius 1 is 1.03 bits per heavy atom. The maximum atomic E-state index is 13.5. The van der Waals surface area contributed by atoms with E-state index >= 15 is 0 Å². The smallest absolute Gasteiger partial charge is 0.254 e. The van der Waals surface area contributed by atoms with Crippen LogP contribution in [0.5, 0.6) is 0 Å². The van der Waals surface area contributed by atoms with E-state index in [-0.39, 0.29) is 31.3 Å². The van der Waals surface area contributed by atoms with E-state index in [1.807, 2.05) is 66.7 Å². The lowest BCUT2D eigenvalue weighted by atomic mass is 10.0. The molecular formula is C27H27N3O4. The molecule has 4 rings (SSSR count). The number of rotatable bonds is 7. The number of amides is 2. The van der Waals surface area contributed by atoms with E-state index in [4.69, 9.17) is 4.84 Å². The first-order valence-electron chi connectivity index (χ1n) is 11.1. The molecule has 34 heavy (non-hydrogen) atoms. The van der Waals surface area contributed by atoms with Crippen molar-refractivity contribution in [2.75, 3.05) is 20.2 Å². The molecule has 2 atom stereocenters. The maximum absolute atomic E-state index is 13.5. The molecule has 174 valence electrons. The summed E-state index contributed by atoms with van der Waals surface area (Å²) in [7, 11) is 1.44. The van der Waals surface area contributed by atoms with Crippen molar-refractivity contribution < 1.29 is 19.5 Å². The summed E-state index contributed by atoms with van der Waals surface area (Å²) in [6.45, 7) is 0.239. The molecule has 0 aromatic heterocycles. The van der Waals surface area contributed by atoms with Gasteiger partial charge in [-0.2, -0.15) is 0 Å². The highest BCUT2D eigenvalue weighted by Crippen LogP contribution is 2.24. The number of benzene rings is 3. The second kappa shape index (κ2) is 10.8. The quantitative estimate of drug-likeness (QED) is 0.532. The predicted octanol–water partition coefficient (Wildman–Crippen LogP) is 3.42. The topological polar surface area (TPSA) is 91.2 Å². The van der Waals surface area contributed by atoms with E-state index in [1.54, 1.807) is 18.2 Å². The summed E-state index contributed by atoms with van der Waals surface area (Å²) < 4.78 is 0. The van der Waals surface area contributed by atoms with Crippen LogP contribution in [0.15, 0.2) is 90.1 Å². The zero-order valence-corrected chi connectivity index (χ0v) is 18.9. The number of aliphatic hydroxyl groups excluding tert-OH is 1. The summed E-state index contributed by atoms with van der Waals surface area (Å²) in [5.74, 6) is -0.605. The van der Waals surface area contributed by atoms with Gasteiger partial charge in [0.05, 0.1) is 18.4 Å². The third-order valence-electron chi connectivity index (χ3n) is 5.81. The molecule has 3 aromatic carbocycles. The van der Waals surface area contributed by atoms with Gasteiger partial charge in [-0.3, -0.25) is 9.59 Å². The van der Waals surface area contributed by atoms with Gasteiger partial charge in [0.25, 0.3) is 5.91 Å². The monoisotopic (exact) mass is 457 g/mol. The van der Waals surface area contributed by atoms with Crippen molar-refractivity contribution in [2.24, 2.45) is 5.16 Å². The summed E-state index contributed by atoms with van der Waals surface area (Å²) in [6.07, 6.45) is -0.573. The SMILES string of the molecule is CO/N=C1\CC(C(=O)NCC(O)c2ccccc2)N(C(=O)c2cccc(-c3ccccc3)c2)C1. The van der Waals surface area contributed by atoms with Crippen LogP contribution < -0.4 is 5.32 Å². The lowest BCUT2D eigenvalue weighted by Gasteiger charge is -2.24. The standard InChI is InChI=1S/C27H27N3O4/c1-34-29-23-16-24(26(32)28-17-25(31)20-11-6-3-7-12-20)30(18-23)27(33)22-14-8-13-21(15-22)19-9-4-2-5-10-19/h2-15,24-25,31H,16-18H2,1H3,(H,28,32)/b29-23+. The van der Waals surface area contributed by atoms with Crippen molar-refractivity contribution in [1.82, 2.24) is 10.2 Å². The second-order valence-corrected chi connectivity index (χ2v) is 8.11. The normalized spacial score (nSPS) is 17.4. The second-order valence-electron chi connectivity index (χ2n) is 8.11. The van der Waals surface area contributed by atoms with E-state index in [1.165, 1.54) is 12.0 Å². The Morgan fingerprint density at radius 2 is 1.71 bits per heavy atom. The molecule has 7 heteroatoms. The van der Waals surface area contributed by atoms with Gasteiger partial charge in [0, 0.05) is 18.5 Å². The van der Waals surface area contributed by atoms with Gasteiger partial charge in [-0.05, 0) is 28.8 Å². The van der Waals surface area contributed by atoms with Crippen molar-refractivity contribution in [3.8, 4) is 11.1 Å². The van der Waals surface area contributed by atoms with Crippen LogP contribution in [0.3, 0.4) is 0 Å². The first-order chi connectivity index (χ1) is 16.6. The fraction of sp³-hybridized carbons (Fsp3) is 0.222. The van der Waals surface area contributed by atoms with Crippen molar-refractivity contribution in [2.45, 2.75) is 18.6 Å². The number of carbonyl (C=O) groups excluding carboxylic acids is 2. The number of hydrogen-bond acceptors (Lipinski definition) is 5. The van der Waals surface area contributed by atoms with Crippen LogP contribution in [0.2, 0.25) is 0 Å². The van der Waals surface area contributed by atoms with Crippen LogP contribution in [-0.4, -0.2) is 53.8 Å². The molecule has 7 nitrogen and oxygen atoms in total. The number of carbonyl (C=O) groups is 2. The Kier molecular flexibility index (Phi) is 7.34. The fourth-order valence-electron chi connectivity index (χ4n) is 4.08. The Bertz CT molecular complexity index is 1160. The summed E-state index contributed by atoms with van der Waals surface area (Å²) in [5, 5.41) is 17.2. The zero-order chi connectivity index (χ0) is 23.9. The average molecular weight is 458 g/mol. The summed E-state index contributed by atoms with van der Waals surface area (Å²) in [5.41, 5.74) is 3.73. The fourth-order valence-corrected chi connectivity index (χ4v) is 4.08. The number of oxime groups is 1. The molecule has 1 heterocycles. The molecule has 1 fully saturated rings. The molecule has 3 aromatic rings. The molecule has 2 amide bonds. The first kappa shape index (κ1) is 23.2. The van der Waals surface area contributed by atoms with E-state index in [9.17, 15) is 14.7 Å². The summed E-state index contributed by atoms with van der Waals surface area (Å²) in [4.78, 5) is 32.9. The van der Waals surface area contributed by atoms with Crippen molar-refractivity contribution in [3.63, 3.8) is 0 Å². The minimum absolute atomic E-state index is 0.0433. The van der Waals surface area contributed by atoms with E-state index in [2.05, 4.69) is 10.5 Å². The lowest BCUT2D eigenvalue weighted by Crippen LogP contribution is -2.46. The van der Waals surface area contributed by atoms with E-state index in [0.717, 1.165) is 11.1 Å². The van der Waals surface area contributed by atoms with Crippen molar-refractivity contribution in [3.05, 3.63) is 96.1 Å². The molecule has 1 aliphatic heterocycles. The molecule has 0 aliphatic carbocycles. The number of aliphatic hydroxyl groups is 1. The van der Waals surface area contributed by atoms with Gasteiger partial charge in [-0.15, -0.1) is 0 Å². The van der Waals surface area contributed by atoms with Gasteiger partial charge in [0.2, 0.25) is 5.91 Å². The molecule has 2 N–H and O–H groups in total. The van der Waals surface area contributed by atoms with Crippen LogP contribution in [0.1, 0.15) is 28.4 Å². The van der Waals surface area contributed by atoms with Gasteiger partial charge >= 0.3 is 0 Å². The van der Waals surface area contributed by atoms with Crippen LogP contribution >= 0.6 is 0 Å². The molecule has 1 aliphatic rings. The minimum atomic E-state index is -0.842. The maximum Gasteiger partial charge on any atom is 0.254 e. The van der Waals surface area contributed by atoms with Crippen molar-refractivity contribution >= 4 is 17.5 Å². The highest BCUT2D eigenvalue weighted by atomic mass is 16.6. The molecular weight excluding hydrogens is 430 g/mol. The highest BCUT2D eigenvalue weighted by molar-refractivity contribution is 6.05. The minimum Gasteiger partial charge on any atom is -0.399 e. The number of likely N-dealkylation sites (tertiary alicyclic amines) is 1. The molecule has 1 saturated heterocycles. The Morgan fingerprint density at radius 3 is 2.41 bits per heavy atom. The summed E-state index contributed by atoms with van der Waals surface area (Å²) in [6, 6.07) is 25.5. The van der Waals surface area contributed by atoms with Crippen LogP contribution in [0, 0.1) is 0 Å². The van der Waals surface area contributed by atoms with Gasteiger partial charge in [-0.25, -0.2) is 0 Å². The lowest BCUT2D eigenvalue weighted by molar-refractivity contribution is -0.125. The van der Waals surface area contributed by atoms with E-state index < -0.39 is 12.1 Å². The van der Waals surface area contributed by atoms with Crippen LogP contribution in [0.25, 0.3) is 11.1 Å². The highest BCUT2D eigenvalue weighted by Gasteiger charge is 2.38. The van der Waals surface area contributed by atoms with Gasteiger partial charge in [0.15, 0.2) is 0 Å². The van der Waals surface area contributed by atoms with Crippen LogP contribution in [-0.2, 0) is 9.63 Å². The van der Waals surface area contributed by atoms with Crippen molar-refractivity contribution in [1.29, 1.82) is 0 Å². The largest absolute Gasteiger partial charge is 0.399 e. The van der Waals surface area contributed by atoms with Gasteiger partial charge in [-0.1, -0.05) is 78.0 Å². The predicted molar refractivity (Wildman–Crippen MR) is 130 cm³/mol. The molecule has 2 unspecified atom stereocenters. The molecule has 0 radical (unpaired) electrons. The Balaban J connectivity index is 1.51. The van der Waals surface area contributed by atoms with Gasteiger partial charge in [0.1, 0.15) is 13.2 Å². The summed E-state index contributed by atoms with van der Waals surface area (Å²) >= 11 is 0. The molecule has 0 spiro atoms. The number of hydrogen-bond donors (Lipinski definition) is 2.